The summed E-state index contributed by atoms with van der Waals surface area (Å²) in [6.45, 7) is 4.34. The van der Waals surface area contributed by atoms with Crippen molar-refractivity contribution in [2.24, 2.45) is 5.73 Å². The van der Waals surface area contributed by atoms with E-state index in [-0.39, 0.29) is 0 Å². The van der Waals surface area contributed by atoms with Crippen LogP contribution >= 0.6 is 11.6 Å². The van der Waals surface area contributed by atoms with Gasteiger partial charge in [-0.25, -0.2) is 0 Å². The third-order valence-electron chi connectivity index (χ3n) is 2.93. The first-order valence-corrected chi connectivity index (χ1v) is 6.03. The second kappa shape index (κ2) is 6.14. The Hall–Kier alpha value is -0.530. The van der Waals surface area contributed by atoms with Gasteiger partial charge in [0, 0.05) is 11.1 Å². The van der Waals surface area contributed by atoms with Crippen molar-refractivity contribution >= 4 is 11.6 Å². The SMILES string of the molecule is CCC(N)CCC(C)c1ccccc1Cl. The molecule has 0 bridgehead atoms. The van der Waals surface area contributed by atoms with Crippen molar-refractivity contribution in [3.8, 4) is 0 Å². The Balaban J connectivity index is 2.54. The van der Waals surface area contributed by atoms with Crippen molar-refractivity contribution in [1.29, 1.82) is 0 Å². The molecule has 0 saturated carbocycles. The van der Waals surface area contributed by atoms with Crippen molar-refractivity contribution in [2.75, 3.05) is 0 Å². The number of nitrogens with two attached hydrogens (primary N) is 1. The van der Waals surface area contributed by atoms with Crippen LogP contribution in [0.5, 0.6) is 0 Å². The zero-order valence-corrected chi connectivity index (χ0v) is 10.3. The smallest absolute Gasteiger partial charge is 0.0440 e. The Bertz CT molecular complexity index is 298. The van der Waals surface area contributed by atoms with E-state index in [9.17, 15) is 0 Å². The third kappa shape index (κ3) is 3.84. The average Bonchev–Trinajstić information content (AvgIpc) is 2.26. The fourth-order valence-corrected chi connectivity index (χ4v) is 2.02. The van der Waals surface area contributed by atoms with Crippen LogP contribution in [0.1, 0.15) is 44.6 Å². The molecule has 2 heteroatoms. The molecular formula is C13H20ClN. The second-order valence-electron chi connectivity index (χ2n) is 4.17. The van der Waals surface area contributed by atoms with E-state index >= 15 is 0 Å². The molecule has 2 N–H and O–H groups in total. The summed E-state index contributed by atoms with van der Waals surface area (Å²) in [6.07, 6.45) is 3.23. The first-order valence-electron chi connectivity index (χ1n) is 5.65. The lowest BCUT2D eigenvalue weighted by Gasteiger charge is -2.15. The lowest BCUT2D eigenvalue weighted by atomic mass is 9.94. The fraction of sp³-hybridized carbons (Fsp3) is 0.538. The molecule has 0 aliphatic heterocycles. The van der Waals surface area contributed by atoms with Crippen LogP contribution in [0.3, 0.4) is 0 Å². The van der Waals surface area contributed by atoms with E-state index in [0.717, 1.165) is 24.3 Å². The molecule has 0 saturated heterocycles. The maximum atomic E-state index is 6.14. The Morgan fingerprint density at radius 2 is 1.93 bits per heavy atom. The van der Waals surface area contributed by atoms with Crippen LogP contribution in [0.4, 0.5) is 0 Å². The van der Waals surface area contributed by atoms with Crippen molar-refractivity contribution in [2.45, 2.75) is 45.1 Å². The van der Waals surface area contributed by atoms with Gasteiger partial charge >= 0.3 is 0 Å². The second-order valence-corrected chi connectivity index (χ2v) is 4.58. The number of hydrogen-bond donors (Lipinski definition) is 1. The zero-order valence-electron chi connectivity index (χ0n) is 9.54. The summed E-state index contributed by atoms with van der Waals surface area (Å²) < 4.78 is 0. The number of benzene rings is 1. The maximum Gasteiger partial charge on any atom is 0.0440 e. The van der Waals surface area contributed by atoms with E-state index in [2.05, 4.69) is 19.9 Å². The molecule has 2 atom stereocenters. The number of rotatable bonds is 5. The van der Waals surface area contributed by atoms with Gasteiger partial charge in [0.15, 0.2) is 0 Å². The van der Waals surface area contributed by atoms with Crippen molar-refractivity contribution in [3.05, 3.63) is 34.9 Å². The van der Waals surface area contributed by atoms with Crippen LogP contribution in [0.25, 0.3) is 0 Å². The van der Waals surface area contributed by atoms with Crippen LogP contribution in [0.2, 0.25) is 5.02 Å². The summed E-state index contributed by atoms with van der Waals surface area (Å²) in [6, 6.07) is 8.39. The third-order valence-corrected chi connectivity index (χ3v) is 3.28. The van der Waals surface area contributed by atoms with Gasteiger partial charge in [-0.05, 0) is 36.8 Å². The molecule has 0 heterocycles. The van der Waals surface area contributed by atoms with Crippen LogP contribution in [0.15, 0.2) is 24.3 Å². The summed E-state index contributed by atoms with van der Waals surface area (Å²) in [4.78, 5) is 0. The quantitative estimate of drug-likeness (QED) is 0.807. The minimum absolute atomic E-state index is 0.329. The van der Waals surface area contributed by atoms with E-state index in [1.165, 1.54) is 5.56 Å². The van der Waals surface area contributed by atoms with Crippen molar-refractivity contribution in [1.82, 2.24) is 0 Å². The van der Waals surface area contributed by atoms with Crippen molar-refractivity contribution in [3.63, 3.8) is 0 Å². The van der Waals surface area contributed by atoms with Crippen LogP contribution in [0, 0.1) is 0 Å². The molecule has 0 aliphatic rings. The van der Waals surface area contributed by atoms with E-state index in [1.807, 2.05) is 18.2 Å². The van der Waals surface area contributed by atoms with Gasteiger partial charge in [-0.3, -0.25) is 0 Å². The molecule has 0 aromatic heterocycles. The van der Waals surface area contributed by atoms with Gasteiger partial charge in [0.05, 0.1) is 0 Å². The van der Waals surface area contributed by atoms with Crippen LogP contribution in [-0.4, -0.2) is 6.04 Å². The van der Waals surface area contributed by atoms with Gasteiger partial charge in [-0.15, -0.1) is 0 Å². The highest BCUT2D eigenvalue weighted by Crippen LogP contribution is 2.27. The summed E-state index contributed by atoms with van der Waals surface area (Å²) in [5.41, 5.74) is 7.14. The summed E-state index contributed by atoms with van der Waals surface area (Å²) in [5.74, 6) is 0.497. The minimum Gasteiger partial charge on any atom is -0.328 e. The molecule has 0 spiro atoms. The minimum atomic E-state index is 0.329. The molecule has 15 heavy (non-hydrogen) atoms. The molecule has 0 amide bonds. The highest BCUT2D eigenvalue weighted by atomic mass is 35.5. The van der Waals surface area contributed by atoms with Gasteiger partial charge in [0.2, 0.25) is 0 Å². The van der Waals surface area contributed by atoms with E-state index in [0.29, 0.717) is 12.0 Å². The summed E-state index contributed by atoms with van der Waals surface area (Å²) in [7, 11) is 0. The summed E-state index contributed by atoms with van der Waals surface area (Å²) >= 11 is 6.14. The molecule has 0 fully saturated rings. The van der Waals surface area contributed by atoms with E-state index < -0.39 is 0 Å². The normalized spacial score (nSPS) is 14.9. The first kappa shape index (κ1) is 12.5. The van der Waals surface area contributed by atoms with Gasteiger partial charge < -0.3 is 5.73 Å². The molecule has 1 rings (SSSR count). The molecule has 1 aromatic carbocycles. The molecule has 0 radical (unpaired) electrons. The van der Waals surface area contributed by atoms with E-state index in [4.69, 9.17) is 17.3 Å². The lowest BCUT2D eigenvalue weighted by Crippen LogP contribution is -2.18. The Morgan fingerprint density at radius 3 is 2.53 bits per heavy atom. The molecule has 84 valence electrons. The van der Waals surface area contributed by atoms with Gasteiger partial charge in [0.25, 0.3) is 0 Å². The van der Waals surface area contributed by atoms with Crippen LogP contribution in [-0.2, 0) is 0 Å². The van der Waals surface area contributed by atoms with Gasteiger partial charge in [-0.1, -0.05) is 43.6 Å². The molecule has 0 aliphatic carbocycles. The largest absolute Gasteiger partial charge is 0.328 e. The molecule has 2 unspecified atom stereocenters. The topological polar surface area (TPSA) is 26.0 Å². The molecule has 1 aromatic rings. The Morgan fingerprint density at radius 1 is 1.27 bits per heavy atom. The van der Waals surface area contributed by atoms with Crippen LogP contribution < -0.4 is 5.73 Å². The molecule has 1 nitrogen and oxygen atoms in total. The van der Waals surface area contributed by atoms with Crippen molar-refractivity contribution < 1.29 is 0 Å². The fourth-order valence-electron chi connectivity index (χ4n) is 1.70. The zero-order chi connectivity index (χ0) is 11.3. The van der Waals surface area contributed by atoms with Gasteiger partial charge in [0.1, 0.15) is 0 Å². The highest BCUT2D eigenvalue weighted by Gasteiger charge is 2.10. The predicted octanol–water partition coefficient (Wildman–Crippen LogP) is 3.96. The maximum absolute atomic E-state index is 6.14. The van der Waals surface area contributed by atoms with E-state index in [1.54, 1.807) is 0 Å². The summed E-state index contributed by atoms with van der Waals surface area (Å²) in [5, 5.41) is 0.870. The average molecular weight is 226 g/mol. The highest BCUT2D eigenvalue weighted by molar-refractivity contribution is 6.31. The standard InChI is InChI=1S/C13H20ClN/c1-3-11(15)9-8-10(2)12-6-4-5-7-13(12)14/h4-7,10-11H,3,8-9,15H2,1-2H3. The Kier molecular flexibility index (Phi) is 5.13. The Labute approximate surface area is 97.6 Å². The lowest BCUT2D eigenvalue weighted by molar-refractivity contribution is 0.530. The molecular weight excluding hydrogens is 206 g/mol. The number of hydrogen-bond acceptors (Lipinski definition) is 1. The number of halogens is 1. The first-order chi connectivity index (χ1) is 7.15. The predicted molar refractivity (Wildman–Crippen MR) is 67.4 cm³/mol. The monoisotopic (exact) mass is 225 g/mol. The van der Waals surface area contributed by atoms with Gasteiger partial charge in [-0.2, -0.15) is 0 Å².